The Hall–Kier alpha value is -1.15. The molecule has 1 aromatic rings. The van der Waals surface area contributed by atoms with E-state index in [1.165, 1.54) is 0 Å². The summed E-state index contributed by atoms with van der Waals surface area (Å²) in [6.07, 6.45) is 0. The molecular weight excluding hydrogens is 160 g/mol. The minimum Gasteiger partial charge on any atom is -0.213 e. The Morgan fingerprint density at radius 2 is 1.36 bits per heavy atom. The summed E-state index contributed by atoms with van der Waals surface area (Å²) in [5.74, 6) is 0. The molecular formula is C8H11ClN2. The molecule has 1 aromatic carbocycles. The Balaban J connectivity index is 0. The van der Waals surface area contributed by atoms with Gasteiger partial charge in [0.2, 0.25) is 0 Å². The lowest BCUT2D eigenvalue weighted by Gasteiger charge is -1.80. The quantitative estimate of drug-likeness (QED) is 0.440. The molecule has 0 heterocycles. The van der Waals surface area contributed by atoms with E-state index in [9.17, 15) is 0 Å². The third-order valence-corrected chi connectivity index (χ3v) is 0.985. The molecule has 0 saturated heterocycles. The van der Waals surface area contributed by atoms with Crippen LogP contribution in [-0.4, -0.2) is 0 Å². The average molecular weight is 171 g/mol. The van der Waals surface area contributed by atoms with Crippen LogP contribution in [-0.2, 0) is 0 Å². The summed E-state index contributed by atoms with van der Waals surface area (Å²) in [5, 5.41) is 0.794. The predicted molar refractivity (Wildman–Crippen MR) is 48.1 cm³/mol. The van der Waals surface area contributed by atoms with Gasteiger partial charge in [0.15, 0.2) is 0 Å². The summed E-state index contributed by atoms with van der Waals surface area (Å²) in [4.78, 5) is 0. The lowest BCUT2D eigenvalue weighted by molar-refractivity contribution is 1.05. The first-order valence-corrected chi connectivity index (χ1v) is 3.23. The van der Waals surface area contributed by atoms with Crippen molar-refractivity contribution in [3.8, 4) is 0 Å². The van der Waals surface area contributed by atoms with Crippen molar-refractivity contribution in [2.45, 2.75) is 0 Å². The second-order valence-corrected chi connectivity index (χ2v) is 1.73. The van der Waals surface area contributed by atoms with Crippen molar-refractivity contribution < 1.29 is 0 Å². The van der Waals surface area contributed by atoms with Gasteiger partial charge in [-0.3, -0.25) is 0 Å². The molecule has 3 heteroatoms. The van der Waals surface area contributed by atoms with Gasteiger partial charge in [-0.1, -0.05) is 29.8 Å². The van der Waals surface area contributed by atoms with Gasteiger partial charge >= 0.3 is 0 Å². The molecule has 0 radical (unpaired) electrons. The Morgan fingerprint density at radius 1 is 1.00 bits per heavy atom. The average Bonchev–Trinajstić information content (AvgIpc) is 2.13. The van der Waals surface area contributed by atoms with Crippen molar-refractivity contribution in [2.75, 3.05) is 0 Å². The molecule has 0 atom stereocenters. The third kappa shape index (κ3) is 8.85. The molecule has 0 amide bonds. The molecule has 60 valence electrons. The Bertz CT molecular complexity index is 163. The Kier molecular flexibility index (Phi) is 13.2. The monoisotopic (exact) mass is 170 g/mol. The first kappa shape index (κ1) is 12.5. The molecule has 1 rings (SSSR count). The first-order chi connectivity index (χ1) is 5.39. The second kappa shape index (κ2) is 11.6. The second-order valence-electron chi connectivity index (χ2n) is 1.30. The van der Waals surface area contributed by atoms with E-state index in [1.807, 2.05) is 30.3 Å². The van der Waals surface area contributed by atoms with Crippen molar-refractivity contribution in [3.05, 3.63) is 48.5 Å². The summed E-state index contributed by atoms with van der Waals surface area (Å²) in [7, 11) is 0. The van der Waals surface area contributed by atoms with Crippen LogP contribution in [0.1, 0.15) is 0 Å². The topological polar surface area (TPSA) is 47.7 Å². The van der Waals surface area contributed by atoms with E-state index in [-0.39, 0.29) is 0 Å². The molecule has 0 aliphatic heterocycles. The molecule has 0 aliphatic carbocycles. The van der Waals surface area contributed by atoms with Crippen LogP contribution in [0.25, 0.3) is 0 Å². The molecule has 0 bridgehead atoms. The molecule has 11 heavy (non-hydrogen) atoms. The Labute approximate surface area is 71.8 Å². The molecule has 2 nitrogen and oxygen atoms in total. The van der Waals surface area contributed by atoms with Crippen LogP contribution in [0.15, 0.2) is 43.5 Å². The highest BCUT2D eigenvalue weighted by atomic mass is 35.5. The number of rotatable bonds is 0. The molecule has 0 saturated carbocycles. The molecule has 0 aromatic heterocycles. The van der Waals surface area contributed by atoms with E-state index in [2.05, 4.69) is 13.2 Å². The van der Waals surface area contributed by atoms with Gasteiger partial charge in [-0.15, -0.1) is 13.2 Å². The molecule has 0 fully saturated rings. The lowest BCUT2D eigenvalue weighted by Crippen LogP contribution is -1.55. The van der Waals surface area contributed by atoms with Gasteiger partial charge in [-0.05, 0) is 12.1 Å². The fourth-order valence-corrected chi connectivity index (χ4v) is 0.560. The summed E-state index contributed by atoms with van der Waals surface area (Å²) in [6.45, 7) is 6.00. The maximum absolute atomic E-state index is 5.54. The van der Waals surface area contributed by atoms with Gasteiger partial charge in [0.1, 0.15) is 0 Å². The Morgan fingerprint density at radius 3 is 1.55 bits per heavy atom. The summed E-state index contributed by atoms with van der Waals surface area (Å²) in [5.41, 5.74) is 10.0. The maximum atomic E-state index is 5.54. The van der Waals surface area contributed by atoms with Crippen LogP contribution in [0, 0.1) is 11.1 Å². The number of halogens is 1. The zero-order valence-corrected chi connectivity index (χ0v) is 6.93. The standard InChI is InChI=1S/C6H5Cl.C2H4.H2N2/c7-6-4-2-1-3-5-6;2*1-2/h1-5H;1-2H2;1-2H. The minimum atomic E-state index is 0.794. The predicted octanol–water partition coefficient (Wildman–Crippen LogP) is 3.74. The van der Waals surface area contributed by atoms with Crippen molar-refractivity contribution in [3.63, 3.8) is 0 Å². The fourth-order valence-electron chi connectivity index (χ4n) is 0.415. The van der Waals surface area contributed by atoms with Gasteiger partial charge in [0, 0.05) is 5.02 Å². The largest absolute Gasteiger partial charge is 0.213 e. The maximum Gasteiger partial charge on any atom is 0.0405 e. The van der Waals surface area contributed by atoms with Crippen molar-refractivity contribution in [1.82, 2.24) is 0 Å². The van der Waals surface area contributed by atoms with E-state index < -0.39 is 0 Å². The number of hydrogen-bond donors (Lipinski definition) is 2. The van der Waals surface area contributed by atoms with Gasteiger partial charge in [0.25, 0.3) is 0 Å². The van der Waals surface area contributed by atoms with E-state index in [4.69, 9.17) is 22.7 Å². The van der Waals surface area contributed by atoms with Crippen LogP contribution in [0.3, 0.4) is 0 Å². The zero-order chi connectivity index (χ0) is 9.11. The normalized spacial score (nSPS) is 6.27. The SMILES string of the molecule is C=C.Clc1ccccc1.N=N. The van der Waals surface area contributed by atoms with Crippen molar-refractivity contribution in [1.29, 1.82) is 11.1 Å². The van der Waals surface area contributed by atoms with Gasteiger partial charge in [-0.2, -0.15) is 0 Å². The van der Waals surface area contributed by atoms with Crippen LogP contribution in [0.4, 0.5) is 0 Å². The van der Waals surface area contributed by atoms with Crippen LogP contribution in [0.2, 0.25) is 5.02 Å². The highest BCUT2D eigenvalue weighted by Gasteiger charge is 1.74. The summed E-state index contributed by atoms with van der Waals surface area (Å²) < 4.78 is 0. The third-order valence-electron chi connectivity index (χ3n) is 0.733. The van der Waals surface area contributed by atoms with E-state index >= 15 is 0 Å². The highest BCUT2D eigenvalue weighted by Crippen LogP contribution is 2.03. The molecule has 0 spiro atoms. The molecule has 0 aliphatic rings. The summed E-state index contributed by atoms with van der Waals surface area (Å²) in [6, 6.07) is 9.44. The smallest absolute Gasteiger partial charge is 0.0405 e. The van der Waals surface area contributed by atoms with E-state index in [0.29, 0.717) is 0 Å². The van der Waals surface area contributed by atoms with Crippen LogP contribution >= 0.6 is 11.6 Å². The fraction of sp³-hybridized carbons (Fsp3) is 0. The van der Waals surface area contributed by atoms with E-state index in [1.54, 1.807) is 0 Å². The minimum absolute atomic E-state index is 0.794. The number of benzene rings is 1. The highest BCUT2D eigenvalue weighted by molar-refractivity contribution is 6.30. The number of hydrogen-bond acceptors (Lipinski definition) is 2. The molecule has 2 N–H and O–H groups in total. The van der Waals surface area contributed by atoms with Crippen molar-refractivity contribution in [2.24, 2.45) is 0 Å². The van der Waals surface area contributed by atoms with Gasteiger partial charge < -0.3 is 0 Å². The number of nitrogens with one attached hydrogen (secondary N) is 2. The zero-order valence-electron chi connectivity index (χ0n) is 6.18. The summed E-state index contributed by atoms with van der Waals surface area (Å²) >= 11 is 5.54. The van der Waals surface area contributed by atoms with Crippen LogP contribution in [0.5, 0.6) is 0 Å². The lowest BCUT2D eigenvalue weighted by atomic mass is 10.4. The first-order valence-electron chi connectivity index (χ1n) is 2.85. The van der Waals surface area contributed by atoms with Crippen molar-refractivity contribution >= 4 is 11.6 Å². The van der Waals surface area contributed by atoms with Gasteiger partial charge in [0.05, 0.1) is 0 Å². The van der Waals surface area contributed by atoms with Gasteiger partial charge in [-0.25, -0.2) is 11.1 Å². The van der Waals surface area contributed by atoms with Crippen LogP contribution < -0.4 is 0 Å². The molecule has 0 unspecified atom stereocenters. The van der Waals surface area contributed by atoms with E-state index in [0.717, 1.165) is 5.02 Å².